The van der Waals surface area contributed by atoms with E-state index in [2.05, 4.69) is 144 Å². The van der Waals surface area contributed by atoms with Gasteiger partial charge in [0.15, 0.2) is 5.82 Å². The molecule has 1 unspecified atom stereocenters. The van der Waals surface area contributed by atoms with Crippen LogP contribution in [-0.2, 0) is 0 Å². The van der Waals surface area contributed by atoms with Crippen LogP contribution in [0.4, 0.5) is 17.2 Å². The minimum atomic E-state index is -0.227. The molecule has 0 fully saturated rings. The molecule has 0 aliphatic carbocycles. The summed E-state index contributed by atoms with van der Waals surface area (Å²) in [6.07, 6.45) is 5.42. The fraction of sp³-hybridized carbons (Fsp3) is 0.0238. The molecular formula is C42H29N5. The van der Waals surface area contributed by atoms with E-state index in [1.807, 2.05) is 30.7 Å². The van der Waals surface area contributed by atoms with Crippen molar-refractivity contribution in [2.75, 3.05) is 10.2 Å². The summed E-state index contributed by atoms with van der Waals surface area (Å²) < 4.78 is 0. The quantitative estimate of drug-likeness (QED) is 0.212. The van der Waals surface area contributed by atoms with E-state index in [0.29, 0.717) is 0 Å². The van der Waals surface area contributed by atoms with Gasteiger partial charge in [0.25, 0.3) is 0 Å². The molecule has 0 bridgehead atoms. The molecule has 47 heavy (non-hydrogen) atoms. The topological polar surface area (TPSA) is 53.9 Å². The van der Waals surface area contributed by atoms with Crippen LogP contribution in [0.5, 0.6) is 0 Å². The lowest BCUT2D eigenvalue weighted by Crippen LogP contribution is -2.24. The minimum absolute atomic E-state index is 0.227. The molecule has 222 valence electrons. The molecular weight excluding hydrogens is 574 g/mol. The summed E-state index contributed by atoms with van der Waals surface area (Å²) in [4.78, 5) is 16.9. The molecule has 1 N–H and O–H groups in total. The normalized spacial score (nSPS) is 13.9. The van der Waals surface area contributed by atoms with Crippen molar-refractivity contribution in [3.8, 4) is 33.4 Å². The lowest BCUT2D eigenvalue weighted by molar-refractivity contribution is 0.821. The van der Waals surface area contributed by atoms with Gasteiger partial charge in [0.2, 0.25) is 0 Å². The van der Waals surface area contributed by atoms with Crippen molar-refractivity contribution in [3.63, 3.8) is 0 Å². The molecule has 0 amide bonds. The second-order valence-electron chi connectivity index (χ2n) is 11.8. The summed E-state index contributed by atoms with van der Waals surface area (Å²) in [6, 6.07) is 51.0. The third-order valence-corrected chi connectivity index (χ3v) is 8.98. The Kier molecular flexibility index (Phi) is 6.46. The molecule has 1 atom stereocenters. The van der Waals surface area contributed by atoms with E-state index >= 15 is 0 Å². The van der Waals surface area contributed by atoms with Crippen molar-refractivity contribution in [2.45, 2.75) is 6.17 Å². The fourth-order valence-electron chi connectivity index (χ4n) is 6.84. The highest BCUT2D eigenvalue weighted by molar-refractivity contribution is 5.98. The molecule has 1 aliphatic heterocycles. The lowest BCUT2D eigenvalue weighted by atomic mass is 9.92. The van der Waals surface area contributed by atoms with E-state index in [4.69, 9.17) is 15.0 Å². The Balaban J connectivity index is 1.29. The average Bonchev–Trinajstić information content (AvgIpc) is 3.55. The standard InChI is InChI=1S/C42H29N5/c1-3-11-28(12-4-1)37-21-24-45-42-40(37)46-41(47(42)34-17-5-2-6-18-34)33-26-31(35-19-7-13-29-15-9-22-43-38(29)35)25-32(27-33)36-20-8-14-30-16-10-23-44-39(30)36/h1-27,41,46H. The van der Waals surface area contributed by atoms with Crippen molar-refractivity contribution in [2.24, 2.45) is 0 Å². The number of para-hydroxylation sites is 3. The monoisotopic (exact) mass is 603 g/mol. The zero-order chi connectivity index (χ0) is 31.2. The highest BCUT2D eigenvalue weighted by Gasteiger charge is 2.35. The second-order valence-corrected chi connectivity index (χ2v) is 11.8. The lowest BCUT2D eigenvalue weighted by Gasteiger charge is -2.27. The highest BCUT2D eigenvalue weighted by Crippen LogP contribution is 2.49. The minimum Gasteiger partial charge on any atom is -0.358 e. The molecule has 0 saturated heterocycles. The van der Waals surface area contributed by atoms with Gasteiger partial charge in [0, 0.05) is 51.7 Å². The third kappa shape index (κ3) is 4.68. The molecule has 0 spiro atoms. The predicted octanol–water partition coefficient (Wildman–Crippen LogP) is 10.4. The van der Waals surface area contributed by atoms with Gasteiger partial charge in [0.05, 0.1) is 16.7 Å². The van der Waals surface area contributed by atoms with Crippen LogP contribution in [0.15, 0.2) is 164 Å². The number of aromatic nitrogens is 3. The zero-order valence-electron chi connectivity index (χ0n) is 25.5. The van der Waals surface area contributed by atoms with Crippen molar-refractivity contribution in [1.29, 1.82) is 0 Å². The smallest absolute Gasteiger partial charge is 0.159 e. The van der Waals surface area contributed by atoms with Crippen LogP contribution in [0.25, 0.3) is 55.2 Å². The first-order valence-corrected chi connectivity index (χ1v) is 15.8. The number of pyridine rings is 3. The predicted molar refractivity (Wildman–Crippen MR) is 193 cm³/mol. The van der Waals surface area contributed by atoms with Gasteiger partial charge < -0.3 is 5.32 Å². The largest absolute Gasteiger partial charge is 0.358 e. The molecule has 0 radical (unpaired) electrons. The number of hydrogen-bond donors (Lipinski definition) is 1. The number of hydrogen-bond acceptors (Lipinski definition) is 5. The summed E-state index contributed by atoms with van der Waals surface area (Å²) in [5.74, 6) is 0.896. The fourth-order valence-corrected chi connectivity index (χ4v) is 6.84. The van der Waals surface area contributed by atoms with Gasteiger partial charge in [-0.15, -0.1) is 0 Å². The SMILES string of the molecule is c1ccc(-c2ccnc3c2NC(c2cc(-c4cccc5cccnc45)cc(-c4cccc5cccnc45)c2)N3c2ccccc2)cc1. The summed E-state index contributed by atoms with van der Waals surface area (Å²) in [6.45, 7) is 0. The number of fused-ring (bicyclic) bond motifs is 3. The Morgan fingerprint density at radius 1 is 0.468 bits per heavy atom. The van der Waals surface area contributed by atoms with Crippen molar-refractivity contribution >= 4 is 39.0 Å². The maximum absolute atomic E-state index is 4.97. The maximum Gasteiger partial charge on any atom is 0.159 e. The van der Waals surface area contributed by atoms with Crippen molar-refractivity contribution in [3.05, 3.63) is 170 Å². The van der Waals surface area contributed by atoms with E-state index in [9.17, 15) is 0 Å². The summed E-state index contributed by atoms with van der Waals surface area (Å²) in [5, 5.41) is 6.15. The zero-order valence-corrected chi connectivity index (χ0v) is 25.5. The van der Waals surface area contributed by atoms with Crippen molar-refractivity contribution in [1.82, 2.24) is 15.0 Å². The maximum atomic E-state index is 4.97. The van der Waals surface area contributed by atoms with Crippen LogP contribution in [0.3, 0.4) is 0 Å². The van der Waals surface area contributed by atoms with Crippen molar-refractivity contribution < 1.29 is 0 Å². The van der Waals surface area contributed by atoms with Crippen LogP contribution in [0.1, 0.15) is 11.7 Å². The second kappa shape index (κ2) is 11.2. The average molecular weight is 604 g/mol. The van der Waals surface area contributed by atoms with Crippen LogP contribution in [-0.4, -0.2) is 15.0 Å². The molecule has 5 aromatic carbocycles. The Hall–Kier alpha value is -6.33. The molecule has 8 aromatic rings. The number of anilines is 3. The van der Waals surface area contributed by atoms with E-state index in [-0.39, 0.29) is 6.17 Å². The summed E-state index contributed by atoms with van der Waals surface area (Å²) in [5.41, 5.74) is 11.8. The van der Waals surface area contributed by atoms with Gasteiger partial charge in [0.1, 0.15) is 6.17 Å². The van der Waals surface area contributed by atoms with Gasteiger partial charge in [-0.25, -0.2) is 4.98 Å². The number of rotatable bonds is 5. The first kappa shape index (κ1) is 27.0. The van der Waals surface area contributed by atoms with Gasteiger partial charge in [-0.05, 0) is 70.8 Å². The van der Waals surface area contributed by atoms with Crippen LogP contribution < -0.4 is 10.2 Å². The van der Waals surface area contributed by atoms with Crippen LogP contribution in [0.2, 0.25) is 0 Å². The Morgan fingerprint density at radius 2 is 1.06 bits per heavy atom. The highest BCUT2D eigenvalue weighted by atomic mass is 15.4. The van der Waals surface area contributed by atoms with E-state index in [0.717, 1.165) is 77.9 Å². The van der Waals surface area contributed by atoms with Crippen LogP contribution in [0, 0.1) is 0 Å². The molecule has 9 rings (SSSR count). The summed E-state index contributed by atoms with van der Waals surface area (Å²) >= 11 is 0. The van der Waals surface area contributed by atoms with E-state index in [1.165, 1.54) is 0 Å². The first-order valence-electron chi connectivity index (χ1n) is 15.8. The molecule has 4 heterocycles. The van der Waals surface area contributed by atoms with Crippen LogP contribution >= 0.6 is 0 Å². The molecule has 0 saturated carbocycles. The van der Waals surface area contributed by atoms with Gasteiger partial charge in [-0.2, -0.15) is 0 Å². The Labute approximate surface area is 272 Å². The molecule has 3 aromatic heterocycles. The Morgan fingerprint density at radius 3 is 1.70 bits per heavy atom. The number of nitrogens with zero attached hydrogens (tertiary/aromatic N) is 4. The number of nitrogens with one attached hydrogen (secondary N) is 1. The third-order valence-electron chi connectivity index (χ3n) is 8.98. The summed E-state index contributed by atoms with van der Waals surface area (Å²) in [7, 11) is 0. The first-order chi connectivity index (χ1) is 23.3. The van der Waals surface area contributed by atoms with Gasteiger partial charge in [-0.1, -0.05) is 97.1 Å². The molecule has 5 heteroatoms. The molecule has 5 nitrogen and oxygen atoms in total. The van der Waals surface area contributed by atoms with Gasteiger partial charge >= 0.3 is 0 Å². The van der Waals surface area contributed by atoms with E-state index in [1.54, 1.807) is 0 Å². The molecule has 1 aliphatic rings. The van der Waals surface area contributed by atoms with Gasteiger partial charge in [-0.3, -0.25) is 14.9 Å². The van der Waals surface area contributed by atoms with E-state index < -0.39 is 0 Å². The number of benzene rings is 5. The Bertz CT molecular complexity index is 2300.